The van der Waals surface area contributed by atoms with Gasteiger partial charge < -0.3 is 10.1 Å². The van der Waals surface area contributed by atoms with Crippen LogP contribution in [0.5, 0.6) is 0 Å². The fourth-order valence-corrected chi connectivity index (χ4v) is 1.98. The van der Waals surface area contributed by atoms with Crippen LogP contribution in [-0.4, -0.2) is 39.0 Å². The molecule has 120 valence electrons. The first-order chi connectivity index (χ1) is 8.68. The van der Waals surface area contributed by atoms with E-state index in [4.69, 9.17) is 8.92 Å². The van der Waals surface area contributed by atoms with Crippen molar-refractivity contribution in [3.05, 3.63) is 0 Å². The van der Waals surface area contributed by atoms with E-state index in [-0.39, 0.29) is 12.0 Å². The molecule has 0 rings (SSSR count). The van der Waals surface area contributed by atoms with Gasteiger partial charge in [0.25, 0.3) is 10.1 Å². The third-order valence-corrected chi connectivity index (χ3v) is 2.63. The molecular weight excluding hydrogens is 282 g/mol. The normalized spacial score (nSPS) is 14.8. The fraction of sp³-hybridized carbons (Fsp3) is 0.923. The highest BCUT2D eigenvalue weighted by Crippen LogP contribution is 2.21. The van der Waals surface area contributed by atoms with Gasteiger partial charge in [-0.25, -0.2) is 4.79 Å². The summed E-state index contributed by atoms with van der Waals surface area (Å²) in [4.78, 5) is 11.7. The van der Waals surface area contributed by atoms with Gasteiger partial charge in [0.05, 0.1) is 18.9 Å². The number of amides is 1. The zero-order valence-electron chi connectivity index (χ0n) is 13.4. The highest BCUT2D eigenvalue weighted by atomic mass is 32.2. The molecule has 0 saturated heterocycles. The van der Waals surface area contributed by atoms with E-state index in [1.54, 1.807) is 20.8 Å². The second-order valence-corrected chi connectivity index (χ2v) is 8.74. The predicted octanol–water partition coefficient (Wildman–Crippen LogP) is 2.29. The molecule has 1 amide bonds. The van der Waals surface area contributed by atoms with Crippen LogP contribution >= 0.6 is 0 Å². The molecule has 0 radical (unpaired) electrons. The average Bonchev–Trinajstić information content (AvgIpc) is 2.06. The van der Waals surface area contributed by atoms with Crippen molar-refractivity contribution in [1.82, 2.24) is 5.32 Å². The largest absolute Gasteiger partial charge is 0.444 e. The Labute approximate surface area is 122 Å². The Morgan fingerprint density at radius 2 is 1.65 bits per heavy atom. The maximum absolute atomic E-state index is 11.7. The summed E-state index contributed by atoms with van der Waals surface area (Å²) >= 11 is 0. The molecule has 1 N–H and O–H groups in total. The van der Waals surface area contributed by atoms with E-state index in [1.807, 2.05) is 20.8 Å². The Bertz CT molecular complexity index is 417. The molecule has 0 aliphatic rings. The van der Waals surface area contributed by atoms with Crippen molar-refractivity contribution in [3.8, 4) is 0 Å². The zero-order chi connectivity index (χ0) is 16.2. The molecule has 1 atom stereocenters. The van der Waals surface area contributed by atoms with Gasteiger partial charge >= 0.3 is 6.09 Å². The van der Waals surface area contributed by atoms with E-state index >= 15 is 0 Å². The maximum Gasteiger partial charge on any atom is 0.407 e. The van der Waals surface area contributed by atoms with Crippen LogP contribution < -0.4 is 5.32 Å². The third kappa shape index (κ3) is 12.2. The SMILES string of the molecule is CC(C)(C)C[C@@H](COS(C)(=O)=O)NC(=O)OC(C)(C)C. The quantitative estimate of drug-likeness (QED) is 0.788. The van der Waals surface area contributed by atoms with E-state index < -0.39 is 27.9 Å². The van der Waals surface area contributed by atoms with Gasteiger partial charge in [0.2, 0.25) is 0 Å². The van der Waals surface area contributed by atoms with Gasteiger partial charge in [0.15, 0.2) is 0 Å². The monoisotopic (exact) mass is 309 g/mol. The van der Waals surface area contributed by atoms with Crippen LogP contribution in [0, 0.1) is 5.41 Å². The van der Waals surface area contributed by atoms with Crippen LogP contribution in [0.2, 0.25) is 0 Å². The van der Waals surface area contributed by atoms with E-state index in [0.717, 1.165) is 6.26 Å². The lowest BCUT2D eigenvalue weighted by atomic mass is 9.88. The first-order valence-electron chi connectivity index (χ1n) is 6.52. The second kappa shape index (κ2) is 6.76. The lowest BCUT2D eigenvalue weighted by Crippen LogP contribution is -2.43. The Balaban J connectivity index is 4.65. The van der Waals surface area contributed by atoms with Gasteiger partial charge in [-0.15, -0.1) is 0 Å². The van der Waals surface area contributed by atoms with E-state index in [1.165, 1.54) is 0 Å². The third-order valence-electron chi connectivity index (χ3n) is 2.06. The van der Waals surface area contributed by atoms with Crippen molar-refractivity contribution in [2.24, 2.45) is 5.41 Å². The van der Waals surface area contributed by atoms with E-state index in [9.17, 15) is 13.2 Å². The van der Waals surface area contributed by atoms with Crippen LogP contribution in [0.1, 0.15) is 48.0 Å². The second-order valence-electron chi connectivity index (χ2n) is 7.10. The molecule has 7 heteroatoms. The number of carbonyl (C=O) groups excluding carboxylic acids is 1. The van der Waals surface area contributed by atoms with Gasteiger partial charge in [0.1, 0.15) is 5.60 Å². The van der Waals surface area contributed by atoms with Crippen molar-refractivity contribution in [1.29, 1.82) is 0 Å². The smallest absolute Gasteiger partial charge is 0.407 e. The molecule has 0 unspecified atom stereocenters. The van der Waals surface area contributed by atoms with E-state index in [0.29, 0.717) is 6.42 Å². The number of rotatable bonds is 5. The fourth-order valence-electron chi connectivity index (χ4n) is 1.57. The molecule has 0 heterocycles. The lowest BCUT2D eigenvalue weighted by molar-refractivity contribution is 0.0472. The van der Waals surface area contributed by atoms with Crippen LogP contribution in [0.15, 0.2) is 0 Å². The molecule has 0 aliphatic carbocycles. The number of hydrogen-bond acceptors (Lipinski definition) is 5. The molecule has 0 fully saturated rings. The average molecular weight is 309 g/mol. The number of carbonyl (C=O) groups is 1. The Morgan fingerprint density at radius 3 is 2.00 bits per heavy atom. The number of ether oxygens (including phenoxy) is 1. The molecule has 0 aromatic rings. The summed E-state index contributed by atoms with van der Waals surface area (Å²) in [5.74, 6) is 0. The Kier molecular flexibility index (Phi) is 6.48. The van der Waals surface area contributed by atoms with Gasteiger partial charge in [-0.1, -0.05) is 20.8 Å². The van der Waals surface area contributed by atoms with Gasteiger partial charge in [-0.3, -0.25) is 4.18 Å². The Hall–Kier alpha value is -0.820. The summed E-state index contributed by atoms with van der Waals surface area (Å²) in [6, 6.07) is -0.431. The van der Waals surface area contributed by atoms with Gasteiger partial charge in [-0.2, -0.15) is 8.42 Å². The highest BCUT2D eigenvalue weighted by molar-refractivity contribution is 7.85. The summed E-state index contributed by atoms with van der Waals surface area (Å²) in [5, 5.41) is 2.65. The first kappa shape index (κ1) is 19.2. The van der Waals surface area contributed by atoms with Crippen molar-refractivity contribution in [2.75, 3.05) is 12.9 Å². The molecule has 20 heavy (non-hydrogen) atoms. The number of alkyl carbamates (subject to hydrolysis) is 1. The highest BCUT2D eigenvalue weighted by Gasteiger charge is 2.24. The standard InChI is InChI=1S/C13H27NO5S/c1-12(2,3)8-10(9-18-20(7,16)17)14-11(15)19-13(4,5)6/h10H,8-9H2,1-7H3,(H,14,15)/t10-/m0/s1. The van der Waals surface area contributed by atoms with Crippen molar-refractivity contribution < 1.29 is 22.1 Å². The molecule has 0 spiro atoms. The Morgan fingerprint density at radius 1 is 1.15 bits per heavy atom. The molecule has 0 aliphatic heterocycles. The summed E-state index contributed by atoms with van der Waals surface area (Å²) in [5.41, 5.74) is -0.686. The van der Waals surface area contributed by atoms with E-state index in [2.05, 4.69) is 5.32 Å². The van der Waals surface area contributed by atoms with Gasteiger partial charge in [0, 0.05) is 0 Å². The first-order valence-corrected chi connectivity index (χ1v) is 8.33. The molecular formula is C13H27NO5S. The van der Waals surface area contributed by atoms with Crippen LogP contribution in [0.4, 0.5) is 4.79 Å². The molecule has 0 bridgehead atoms. The topological polar surface area (TPSA) is 81.7 Å². The number of hydrogen-bond donors (Lipinski definition) is 1. The minimum Gasteiger partial charge on any atom is -0.444 e. The van der Waals surface area contributed by atoms with Crippen LogP contribution in [-0.2, 0) is 19.0 Å². The number of nitrogens with one attached hydrogen (secondary N) is 1. The summed E-state index contributed by atoms with van der Waals surface area (Å²) < 4.78 is 32.0. The lowest BCUT2D eigenvalue weighted by Gasteiger charge is -2.28. The minimum atomic E-state index is -3.54. The van der Waals surface area contributed by atoms with Crippen molar-refractivity contribution >= 4 is 16.2 Å². The maximum atomic E-state index is 11.7. The van der Waals surface area contributed by atoms with Crippen LogP contribution in [0.3, 0.4) is 0 Å². The van der Waals surface area contributed by atoms with Gasteiger partial charge in [-0.05, 0) is 32.6 Å². The van der Waals surface area contributed by atoms with Crippen molar-refractivity contribution in [3.63, 3.8) is 0 Å². The summed E-state index contributed by atoms with van der Waals surface area (Å²) in [6.45, 7) is 11.2. The molecule has 0 saturated carbocycles. The minimum absolute atomic E-state index is 0.0828. The predicted molar refractivity (Wildman–Crippen MR) is 78.0 cm³/mol. The summed E-state index contributed by atoms with van der Waals surface area (Å²) in [7, 11) is -3.54. The molecule has 6 nitrogen and oxygen atoms in total. The zero-order valence-corrected chi connectivity index (χ0v) is 14.3. The van der Waals surface area contributed by atoms with Crippen molar-refractivity contribution in [2.45, 2.75) is 59.6 Å². The molecule has 0 aromatic heterocycles. The molecule has 0 aromatic carbocycles. The van der Waals surface area contributed by atoms with Crippen LogP contribution in [0.25, 0.3) is 0 Å². The summed E-state index contributed by atoms with van der Waals surface area (Å²) in [6.07, 6.45) is 0.972.